The zero-order valence-corrected chi connectivity index (χ0v) is 10.8. The summed E-state index contributed by atoms with van der Waals surface area (Å²) in [5.41, 5.74) is -0.387. The van der Waals surface area contributed by atoms with Gasteiger partial charge in [0.25, 0.3) is 11.5 Å². The quantitative estimate of drug-likeness (QED) is 0.822. The second kappa shape index (κ2) is 5.49. The maximum atomic E-state index is 12.0. The Morgan fingerprint density at radius 2 is 2.39 bits per heavy atom. The van der Waals surface area contributed by atoms with E-state index in [1.54, 1.807) is 6.92 Å². The standard InChI is InChI=1S/C12H19N3O3/c1-9-6-11(16)15(18-9)12(17)8-14-5-3-4-10(14)7-13-2/h6,10,13H,3-5,7-8H2,1-2H3. The summed E-state index contributed by atoms with van der Waals surface area (Å²) in [6, 6.07) is 1.69. The molecule has 6 nitrogen and oxygen atoms in total. The number of nitrogens with zero attached hydrogens (tertiary/aromatic N) is 2. The van der Waals surface area contributed by atoms with Crippen molar-refractivity contribution in [3.05, 3.63) is 22.2 Å². The molecule has 2 heterocycles. The van der Waals surface area contributed by atoms with Crippen LogP contribution in [0.15, 0.2) is 15.4 Å². The Kier molecular flexibility index (Phi) is 3.98. The number of carbonyl (C=O) groups excluding carboxylic acids is 1. The van der Waals surface area contributed by atoms with Gasteiger partial charge in [-0.1, -0.05) is 0 Å². The van der Waals surface area contributed by atoms with Gasteiger partial charge in [-0.15, -0.1) is 4.74 Å². The number of likely N-dealkylation sites (tertiary alicyclic amines) is 1. The molecule has 1 aromatic heterocycles. The Bertz CT molecular complexity index is 477. The number of hydrogen-bond acceptors (Lipinski definition) is 5. The van der Waals surface area contributed by atoms with E-state index in [4.69, 9.17) is 4.52 Å². The van der Waals surface area contributed by atoms with E-state index in [0.717, 1.165) is 30.7 Å². The molecule has 0 bridgehead atoms. The molecule has 100 valence electrons. The Balaban J connectivity index is 2.03. The zero-order valence-electron chi connectivity index (χ0n) is 10.8. The fraction of sp³-hybridized carbons (Fsp3) is 0.667. The summed E-state index contributed by atoms with van der Waals surface area (Å²) in [5, 5.41) is 3.12. The number of hydrogen-bond donors (Lipinski definition) is 1. The number of likely N-dealkylation sites (N-methyl/N-ethyl adjacent to an activating group) is 1. The van der Waals surface area contributed by atoms with Crippen LogP contribution in [0.5, 0.6) is 0 Å². The van der Waals surface area contributed by atoms with Crippen LogP contribution in [0.2, 0.25) is 0 Å². The summed E-state index contributed by atoms with van der Waals surface area (Å²) in [7, 11) is 1.90. The molecule has 1 aliphatic rings. The second-order valence-electron chi connectivity index (χ2n) is 4.70. The van der Waals surface area contributed by atoms with Gasteiger partial charge >= 0.3 is 0 Å². The minimum absolute atomic E-state index is 0.235. The third-order valence-corrected chi connectivity index (χ3v) is 3.27. The average Bonchev–Trinajstić information content (AvgIpc) is 2.87. The molecule has 6 heteroatoms. The zero-order chi connectivity index (χ0) is 13.1. The first-order valence-corrected chi connectivity index (χ1v) is 6.23. The van der Waals surface area contributed by atoms with E-state index >= 15 is 0 Å². The number of aryl methyl sites for hydroxylation is 1. The fourth-order valence-corrected chi connectivity index (χ4v) is 2.43. The molecule has 2 rings (SSSR count). The SMILES string of the molecule is CNCC1CCCN1CC(=O)n1oc(C)cc1=O. The lowest BCUT2D eigenvalue weighted by Gasteiger charge is -2.22. The van der Waals surface area contributed by atoms with Crippen molar-refractivity contribution in [3.8, 4) is 0 Å². The summed E-state index contributed by atoms with van der Waals surface area (Å²) < 4.78 is 5.95. The number of aromatic nitrogens is 1. The van der Waals surface area contributed by atoms with Gasteiger partial charge in [0.2, 0.25) is 0 Å². The molecule has 1 N–H and O–H groups in total. The maximum Gasteiger partial charge on any atom is 0.290 e. The Hall–Kier alpha value is -1.40. The topological polar surface area (TPSA) is 67.5 Å². The third kappa shape index (κ3) is 2.70. The fourth-order valence-electron chi connectivity index (χ4n) is 2.43. The first-order chi connectivity index (χ1) is 8.61. The molecule has 0 amide bonds. The van der Waals surface area contributed by atoms with Crippen LogP contribution < -0.4 is 10.9 Å². The molecule has 18 heavy (non-hydrogen) atoms. The summed E-state index contributed by atoms with van der Waals surface area (Å²) in [6.45, 7) is 3.65. The van der Waals surface area contributed by atoms with Gasteiger partial charge in [-0.3, -0.25) is 14.5 Å². The lowest BCUT2D eigenvalue weighted by atomic mass is 10.2. The number of carbonyl (C=O) groups is 1. The minimum atomic E-state index is -0.387. The Labute approximate surface area is 106 Å². The van der Waals surface area contributed by atoms with Crippen molar-refractivity contribution in [2.75, 3.05) is 26.7 Å². The maximum absolute atomic E-state index is 12.0. The minimum Gasteiger partial charge on any atom is -0.373 e. The van der Waals surface area contributed by atoms with Gasteiger partial charge in [0.15, 0.2) is 0 Å². The Morgan fingerprint density at radius 3 is 3.00 bits per heavy atom. The second-order valence-corrected chi connectivity index (χ2v) is 4.70. The van der Waals surface area contributed by atoms with Crippen molar-refractivity contribution in [3.63, 3.8) is 0 Å². The van der Waals surface area contributed by atoms with Gasteiger partial charge in [0.05, 0.1) is 6.54 Å². The van der Waals surface area contributed by atoms with Crippen LogP contribution in [-0.4, -0.2) is 48.3 Å². The molecule has 0 saturated carbocycles. The first kappa shape index (κ1) is 13.0. The number of nitrogens with one attached hydrogen (secondary N) is 1. The number of rotatable bonds is 4. The third-order valence-electron chi connectivity index (χ3n) is 3.27. The first-order valence-electron chi connectivity index (χ1n) is 6.23. The molecule has 0 aromatic carbocycles. The van der Waals surface area contributed by atoms with Crippen molar-refractivity contribution in [1.82, 2.24) is 15.0 Å². The van der Waals surface area contributed by atoms with E-state index in [-0.39, 0.29) is 18.0 Å². The van der Waals surface area contributed by atoms with Gasteiger partial charge in [-0.25, -0.2) is 0 Å². The molecule has 1 fully saturated rings. The van der Waals surface area contributed by atoms with Crippen molar-refractivity contribution >= 4 is 5.91 Å². The molecular weight excluding hydrogens is 234 g/mol. The monoisotopic (exact) mass is 253 g/mol. The average molecular weight is 253 g/mol. The van der Waals surface area contributed by atoms with Crippen molar-refractivity contribution in [2.45, 2.75) is 25.8 Å². The van der Waals surface area contributed by atoms with Crippen molar-refractivity contribution in [2.24, 2.45) is 0 Å². The van der Waals surface area contributed by atoms with Gasteiger partial charge in [-0.2, -0.15) is 0 Å². The molecular formula is C12H19N3O3. The van der Waals surface area contributed by atoms with Gasteiger partial charge in [-0.05, 0) is 33.4 Å². The normalized spacial score (nSPS) is 20.4. The van der Waals surface area contributed by atoms with Crippen molar-refractivity contribution < 1.29 is 9.32 Å². The predicted molar refractivity (Wildman–Crippen MR) is 66.9 cm³/mol. The Morgan fingerprint density at radius 1 is 1.61 bits per heavy atom. The highest BCUT2D eigenvalue weighted by Gasteiger charge is 2.26. The van der Waals surface area contributed by atoms with Crippen LogP contribution in [-0.2, 0) is 0 Å². The van der Waals surface area contributed by atoms with E-state index in [0.29, 0.717) is 11.8 Å². The molecule has 1 aromatic rings. The molecule has 1 atom stereocenters. The highest BCUT2D eigenvalue weighted by atomic mass is 16.5. The van der Waals surface area contributed by atoms with E-state index < -0.39 is 0 Å². The largest absolute Gasteiger partial charge is 0.373 e. The molecule has 0 spiro atoms. The van der Waals surface area contributed by atoms with Crippen LogP contribution in [0.3, 0.4) is 0 Å². The van der Waals surface area contributed by atoms with E-state index in [1.807, 2.05) is 7.05 Å². The van der Waals surface area contributed by atoms with Crippen molar-refractivity contribution in [1.29, 1.82) is 0 Å². The van der Waals surface area contributed by atoms with E-state index in [9.17, 15) is 9.59 Å². The predicted octanol–water partition coefficient (Wildman–Crippen LogP) is 0.0737. The lowest BCUT2D eigenvalue weighted by Crippen LogP contribution is -2.42. The molecule has 1 aliphatic heterocycles. The van der Waals surface area contributed by atoms with Gasteiger partial charge < -0.3 is 9.84 Å². The lowest BCUT2D eigenvalue weighted by molar-refractivity contribution is 0.0706. The highest BCUT2D eigenvalue weighted by molar-refractivity contribution is 5.79. The summed E-state index contributed by atoms with van der Waals surface area (Å²) in [5.74, 6) is 0.164. The highest BCUT2D eigenvalue weighted by Crippen LogP contribution is 2.16. The summed E-state index contributed by atoms with van der Waals surface area (Å²) in [4.78, 5) is 25.6. The summed E-state index contributed by atoms with van der Waals surface area (Å²) >= 11 is 0. The van der Waals surface area contributed by atoms with Crippen LogP contribution in [0.4, 0.5) is 0 Å². The smallest absolute Gasteiger partial charge is 0.290 e. The summed E-state index contributed by atoms with van der Waals surface area (Å²) in [6.07, 6.45) is 2.17. The molecule has 1 saturated heterocycles. The van der Waals surface area contributed by atoms with Crippen LogP contribution in [0.1, 0.15) is 23.4 Å². The molecule has 1 unspecified atom stereocenters. The van der Waals surface area contributed by atoms with E-state index in [1.165, 1.54) is 6.07 Å². The van der Waals surface area contributed by atoms with Gasteiger partial charge in [0, 0.05) is 18.7 Å². The molecule has 0 aliphatic carbocycles. The van der Waals surface area contributed by atoms with Crippen LogP contribution in [0.25, 0.3) is 0 Å². The van der Waals surface area contributed by atoms with Gasteiger partial charge in [0.1, 0.15) is 5.76 Å². The molecule has 0 radical (unpaired) electrons. The van der Waals surface area contributed by atoms with E-state index in [2.05, 4.69) is 10.2 Å². The van der Waals surface area contributed by atoms with Crippen LogP contribution in [0, 0.1) is 6.92 Å². The van der Waals surface area contributed by atoms with Crippen LogP contribution >= 0.6 is 0 Å².